The predicted octanol–water partition coefficient (Wildman–Crippen LogP) is 4.12. The molecule has 0 aliphatic carbocycles. The molecule has 0 bridgehead atoms. The minimum absolute atomic E-state index is 0.248. The van der Waals surface area contributed by atoms with Crippen LogP contribution in [0.2, 0.25) is 0 Å². The molecule has 0 atom stereocenters. The average molecular weight is 310 g/mol. The molecule has 1 aromatic rings. The van der Waals surface area contributed by atoms with Crippen LogP contribution < -0.4 is 0 Å². The van der Waals surface area contributed by atoms with E-state index in [0.717, 1.165) is 31.2 Å². The van der Waals surface area contributed by atoms with Gasteiger partial charge in [0.2, 0.25) is 0 Å². The average Bonchev–Trinajstić information content (AvgIpc) is 2.50. The summed E-state index contributed by atoms with van der Waals surface area (Å²) in [6, 6.07) is 6.74. The minimum Gasteiger partial charge on any atom is -0.432 e. The molecular formula is C16H22O6. The van der Waals surface area contributed by atoms with Crippen molar-refractivity contribution in [2.75, 3.05) is 6.61 Å². The molecule has 0 heterocycles. The molecular weight excluding hydrogens is 288 g/mol. The summed E-state index contributed by atoms with van der Waals surface area (Å²) < 4.78 is 4.75. The van der Waals surface area contributed by atoms with Crippen LogP contribution in [-0.2, 0) is 19.6 Å². The van der Waals surface area contributed by atoms with Gasteiger partial charge in [-0.15, -0.1) is 0 Å². The van der Waals surface area contributed by atoms with Gasteiger partial charge in [-0.1, -0.05) is 50.3 Å². The molecule has 0 aromatic heterocycles. The number of benzene rings is 1. The topological polar surface area (TPSA) is 71.1 Å². The lowest BCUT2D eigenvalue weighted by Gasteiger charge is -2.04. The molecule has 0 aliphatic rings. The number of rotatable bonds is 9. The summed E-state index contributed by atoms with van der Waals surface area (Å²) in [6.45, 7) is 4.22. The summed E-state index contributed by atoms with van der Waals surface area (Å²) >= 11 is 0. The fourth-order valence-electron chi connectivity index (χ4n) is 1.78. The minimum atomic E-state index is -1.03. The summed E-state index contributed by atoms with van der Waals surface area (Å²) in [6.07, 6.45) is 4.15. The molecule has 0 amide bonds. The van der Waals surface area contributed by atoms with E-state index in [-0.39, 0.29) is 6.61 Å². The van der Waals surface area contributed by atoms with Crippen molar-refractivity contribution in [3.63, 3.8) is 0 Å². The van der Waals surface area contributed by atoms with Gasteiger partial charge >= 0.3 is 12.1 Å². The predicted molar refractivity (Wildman–Crippen MR) is 78.9 cm³/mol. The maximum Gasteiger partial charge on any atom is 0.543 e. The third-order valence-electron chi connectivity index (χ3n) is 2.93. The smallest absolute Gasteiger partial charge is 0.432 e. The van der Waals surface area contributed by atoms with Crippen LogP contribution in [0.25, 0.3) is 0 Å². The number of aryl methyl sites for hydroxylation is 1. The number of hydrogen-bond acceptors (Lipinski definition) is 6. The normalized spacial score (nSPS) is 10.1. The van der Waals surface area contributed by atoms with Crippen LogP contribution in [0.15, 0.2) is 24.3 Å². The molecule has 0 radical (unpaired) electrons. The van der Waals surface area contributed by atoms with E-state index < -0.39 is 12.1 Å². The van der Waals surface area contributed by atoms with E-state index in [2.05, 4.69) is 21.7 Å². The Morgan fingerprint density at radius 1 is 1.05 bits per heavy atom. The molecule has 0 unspecified atom stereocenters. The van der Waals surface area contributed by atoms with E-state index in [1.165, 1.54) is 6.42 Å². The second kappa shape index (κ2) is 10.6. The van der Waals surface area contributed by atoms with Gasteiger partial charge < -0.3 is 4.74 Å². The Hall–Kier alpha value is -2.08. The molecule has 0 aliphatic heterocycles. The first-order valence-corrected chi connectivity index (χ1v) is 7.42. The molecule has 0 saturated carbocycles. The molecule has 6 heteroatoms. The molecule has 0 spiro atoms. The number of unbranched alkanes of at least 4 members (excludes halogenated alkanes) is 4. The van der Waals surface area contributed by atoms with E-state index in [1.54, 1.807) is 18.2 Å². The summed E-state index contributed by atoms with van der Waals surface area (Å²) in [4.78, 5) is 31.2. The van der Waals surface area contributed by atoms with Gasteiger partial charge in [0.25, 0.3) is 0 Å². The van der Waals surface area contributed by atoms with Crippen LogP contribution >= 0.6 is 0 Å². The van der Waals surface area contributed by atoms with Gasteiger partial charge in [-0.3, -0.25) is 4.89 Å². The van der Waals surface area contributed by atoms with E-state index in [1.807, 2.05) is 13.0 Å². The first-order valence-electron chi connectivity index (χ1n) is 7.42. The van der Waals surface area contributed by atoms with Gasteiger partial charge in [0.1, 0.15) is 0 Å². The van der Waals surface area contributed by atoms with Crippen molar-refractivity contribution in [3.8, 4) is 0 Å². The van der Waals surface area contributed by atoms with Crippen LogP contribution in [0.1, 0.15) is 54.9 Å². The zero-order chi connectivity index (χ0) is 16.2. The van der Waals surface area contributed by atoms with Crippen molar-refractivity contribution in [1.29, 1.82) is 0 Å². The van der Waals surface area contributed by atoms with E-state index in [4.69, 9.17) is 4.74 Å². The summed E-state index contributed by atoms with van der Waals surface area (Å²) in [7, 11) is 0. The Balaban J connectivity index is 2.10. The monoisotopic (exact) mass is 310 g/mol. The standard InChI is InChI=1S/C16H22O6/c1-3-4-5-6-7-11-19-16(18)21-22-20-15(17)14-10-8-9-13(2)12-14/h8-10,12H,3-7,11H2,1-2H3. The van der Waals surface area contributed by atoms with Crippen LogP contribution in [0.3, 0.4) is 0 Å². The first-order chi connectivity index (χ1) is 10.6. The second-order valence-corrected chi connectivity index (χ2v) is 4.90. The largest absolute Gasteiger partial charge is 0.543 e. The highest BCUT2D eigenvalue weighted by molar-refractivity contribution is 5.89. The molecule has 0 saturated heterocycles. The van der Waals surface area contributed by atoms with Crippen molar-refractivity contribution < 1.29 is 29.1 Å². The number of carbonyl (C=O) groups is 2. The fraction of sp³-hybridized carbons (Fsp3) is 0.500. The molecule has 22 heavy (non-hydrogen) atoms. The van der Waals surface area contributed by atoms with Crippen LogP contribution in [0, 0.1) is 6.92 Å². The summed E-state index contributed by atoms with van der Waals surface area (Å²) in [5, 5.41) is 4.12. The lowest BCUT2D eigenvalue weighted by molar-refractivity contribution is -0.452. The molecule has 0 fully saturated rings. The Morgan fingerprint density at radius 2 is 1.82 bits per heavy atom. The van der Waals surface area contributed by atoms with Crippen molar-refractivity contribution in [2.45, 2.75) is 46.0 Å². The van der Waals surface area contributed by atoms with Gasteiger partial charge in [0, 0.05) is 0 Å². The third kappa shape index (κ3) is 7.64. The maximum absolute atomic E-state index is 11.6. The molecule has 6 nitrogen and oxygen atoms in total. The van der Waals surface area contributed by atoms with Crippen LogP contribution in [0.4, 0.5) is 4.79 Å². The van der Waals surface area contributed by atoms with Crippen molar-refractivity contribution in [1.82, 2.24) is 0 Å². The number of hydrogen-bond donors (Lipinski definition) is 0. The van der Waals surface area contributed by atoms with Gasteiger partial charge in [-0.05, 0) is 25.5 Å². The SMILES string of the molecule is CCCCCCCOC(=O)OOOC(=O)c1cccc(C)c1. The molecule has 1 rings (SSSR count). The van der Waals surface area contributed by atoms with Gasteiger partial charge in [-0.25, -0.2) is 14.5 Å². The highest BCUT2D eigenvalue weighted by atomic mass is 17.5. The van der Waals surface area contributed by atoms with E-state index >= 15 is 0 Å². The van der Waals surface area contributed by atoms with Crippen LogP contribution in [-0.4, -0.2) is 18.7 Å². The zero-order valence-corrected chi connectivity index (χ0v) is 13.0. The Bertz CT molecular complexity index is 471. The highest BCUT2D eigenvalue weighted by Gasteiger charge is 2.11. The number of ether oxygens (including phenoxy) is 1. The zero-order valence-electron chi connectivity index (χ0n) is 13.0. The quantitative estimate of drug-likeness (QED) is 0.296. The lowest BCUT2D eigenvalue weighted by Crippen LogP contribution is -2.12. The first kappa shape index (κ1) is 18.0. The van der Waals surface area contributed by atoms with Crippen molar-refractivity contribution >= 4 is 12.1 Å². The molecule has 1 aromatic carbocycles. The van der Waals surface area contributed by atoms with Crippen LogP contribution in [0.5, 0.6) is 0 Å². The molecule has 122 valence electrons. The van der Waals surface area contributed by atoms with Gasteiger partial charge in [0.15, 0.2) is 0 Å². The Morgan fingerprint density at radius 3 is 2.55 bits per heavy atom. The van der Waals surface area contributed by atoms with Gasteiger partial charge in [-0.2, -0.15) is 0 Å². The summed E-state index contributed by atoms with van der Waals surface area (Å²) in [5.41, 5.74) is 1.20. The number of carbonyl (C=O) groups excluding carboxylic acids is 2. The fourth-order valence-corrected chi connectivity index (χ4v) is 1.78. The maximum atomic E-state index is 11.6. The third-order valence-corrected chi connectivity index (χ3v) is 2.93. The molecule has 0 N–H and O–H groups in total. The van der Waals surface area contributed by atoms with E-state index in [9.17, 15) is 9.59 Å². The summed E-state index contributed by atoms with van der Waals surface area (Å²) in [5.74, 6) is -0.754. The van der Waals surface area contributed by atoms with Crippen molar-refractivity contribution in [3.05, 3.63) is 35.4 Å². The lowest BCUT2D eigenvalue weighted by atomic mass is 10.1. The Kier molecular flexibility index (Phi) is 8.67. The van der Waals surface area contributed by atoms with Crippen molar-refractivity contribution in [2.24, 2.45) is 0 Å². The van der Waals surface area contributed by atoms with Gasteiger partial charge in [0.05, 0.1) is 17.2 Å². The Labute approximate surface area is 130 Å². The van der Waals surface area contributed by atoms with E-state index in [0.29, 0.717) is 5.56 Å². The second-order valence-electron chi connectivity index (χ2n) is 4.90. The highest BCUT2D eigenvalue weighted by Crippen LogP contribution is 2.06.